The summed E-state index contributed by atoms with van der Waals surface area (Å²) in [6.45, 7) is 2.60. The largest absolute Gasteiger partial charge is 0.396 e. The highest BCUT2D eigenvalue weighted by Crippen LogP contribution is 2.15. The van der Waals surface area contributed by atoms with Gasteiger partial charge in [-0.2, -0.15) is 5.10 Å². The fourth-order valence-corrected chi connectivity index (χ4v) is 1.27. The first-order valence-corrected chi connectivity index (χ1v) is 4.70. The van der Waals surface area contributed by atoms with Gasteiger partial charge >= 0.3 is 0 Å². The number of pyridine rings is 1. The van der Waals surface area contributed by atoms with Crippen LogP contribution in [0.15, 0.2) is 24.5 Å². The molecule has 0 aliphatic heterocycles. The maximum Gasteiger partial charge on any atom is 0.149 e. The average molecular weight is 203 g/mol. The molecule has 0 bridgehead atoms. The number of rotatable bonds is 3. The van der Waals surface area contributed by atoms with E-state index in [2.05, 4.69) is 20.5 Å². The summed E-state index contributed by atoms with van der Waals surface area (Å²) in [5.74, 6) is 0.719. The Morgan fingerprint density at radius 2 is 2.33 bits per heavy atom. The normalized spacial score (nSPS) is 10.2. The number of nitrogens with zero attached hydrogens (tertiary/aromatic N) is 2. The first-order chi connectivity index (χ1) is 7.25. The van der Waals surface area contributed by atoms with Gasteiger partial charge in [0.1, 0.15) is 5.82 Å². The monoisotopic (exact) mass is 203 g/mol. The Balaban J connectivity index is 2.07. The standard InChI is InChI=1S/C10H13N5/c1-7-2-3-9(11)10(15-7)12-4-8-5-13-14-6-8/h2-3,5-6H,4,11H2,1H3,(H,12,15)(H,13,14). The van der Waals surface area contributed by atoms with Crippen LogP contribution in [-0.4, -0.2) is 15.2 Å². The molecule has 5 heteroatoms. The molecule has 0 saturated carbocycles. The van der Waals surface area contributed by atoms with Crippen molar-refractivity contribution in [3.63, 3.8) is 0 Å². The van der Waals surface area contributed by atoms with Crippen LogP contribution < -0.4 is 11.1 Å². The number of nitrogens with two attached hydrogens (primary N) is 1. The Labute approximate surface area is 87.7 Å². The van der Waals surface area contributed by atoms with E-state index in [1.807, 2.05) is 25.3 Å². The third-order valence-electron chi connectivity index (χ3n) is 2.08. The van der Waals surface area contributed by atoms with Crippen LogP contribution in [0, 0.1) is 6.92 Å². The van der Waals surface area contributed by atoms with E-state index < -0.39 is 0 Å². The van der Waals surface area contributed by atoms with Crippen molar-refractivity contribution in [2.75, 3.05) is 11.1 Å². The van der Waals surface area contributed by atoms with Crippen LogP contribution in [0.5, 0.6) is 0 Å². The maximum absolute atomic E-state index is 5.78. The molecule has 0 aromatic carbocycles. The molecule has 2 heterocycles. The lowest BCUT2D eigenvalue weighted by Gasteiger charge is -2.07. The highest BCUT2D eigenvalue weighted by Gasteiger charge is 2.01. The van der Waals surface area contributed by atoms with Crippen molar-refractivity contribution in [2.24, 2.45) is 0 Å². The predicted octanol–water partition coefficient (Wildman–Crippen LogP) is 1.31. The third kappa shape index (κ3) is 2.25. The molecule has 0 unspecified atom stereocenters. The smallest absolute Gasteiger partial charge is 0.149 e. The van der Waals surface area contributed by atoms with Crippen LogP contribution in [0.4, 0.5) is 11.5 Å². The number of nitrogen functional groups attached to an aromatic ring is 1. The second kappa shape index (κ2) is 4.00. The minimum absolute atomic E-state index is 0.657. The first kappa shape index (κ1) is 9.51. The highest BCUT2D eigenvalue weighted by molar-refractivity contribution is 5.61. The SMILES string of the molecule is Cc1ccc(N)c(NCc2cn[nH]c2)n1. The lowest BCUT2D eigenvalue weighted by atomic mass is 10.3. The minimum atomic E-state index is 0.657. The molecule has 0 amide bonds. The van der Waals surface area contributed by atoms with Gasteiger partial charge < -0.3 is 11.1 Å². The molecule has 0 aliphatic rings. The summed E-state index contributed by atoms with van der Waals surface area (Å²) >= 11 is 0. The Hall–Kier alpha value is -2.04. The van der Waals surface area contributed by atoms with Crippen molar-refractivity contribution in [1.29, 1.82) is 0 Å². The van der Waals surface area contributed by atoms with Crippen molar-refractivity contribution in [1.82, 2.24) is 15.2 Å². The average Bonchev–Trinajstić information content (AvgIpc) is 2.72. The summed E-state index contributed by atoms with van der Waals surface area (Å²) in [5, 5.41) is 9.77. The van der Waals surface area contributed by atoms with Crippen molar-refractivity contribution in [3.05, 3.63) is 35.8 Å². The van der Waals surface area contributed by atoms with Gasteiger partial charge in [0, 0.05) is 24.0 Å². The Kier molecular flexibility index (Phi) is 2.53. The predicted molar refractivity (Wildman–Crippen MR) is 59.3 cm³/mol. The van der Waals surface area contributed by atoms with E-state index >= 15 is 0 Å². The number of aryl methyl sites for hydroxylation is 1. The number of anilines is 2. The zero-order valence-corrected chi connectivity index (χ0v) is 8.49. The van der Waals surface area contributed by atoms with Crippen LogP contribution in [0.25, 0.3) is 0 Å². The van der Waals surface area contributed by atoms with E-state index in [1.165, 1.54) is 0 Å². The molecule has 0 spiro atoms. The lowest BCUT2D eigenvalue weighted by Crippen LogP contribution is -2.04. The summed E-state index contributed by atoms with van der Waals surface area (Å²) in [6.07, 6.45) is 3.60. The molecular formula is C10H13N5. The van der Waals surface area contributed by atoms with E-state index in [-0.39, 0.29) is 0 Å². The van der Waals surface area contributed by atoms with E-state index in [1.54, 1.807) is 6.20 Å². The molecular weight excluding hydrogens is 190 g/mol. The first-order valence-electron chi connectivity index (χ1n) is 4.70. The van der Waals surface area contributed by atoms with Crippen molar-refractivity contribution >= 4 is 11.5 Å². The van der Waals surface area contributed by atoms with E-state index in [0.717, 1.165) is 17.1 Å². The molecule has 2 rings (SSSR count). The Morgan fingerprint density at radius 1 is 1.47 bits per heavy atom. The molecule has 5 nitrogen and oxygen atoms in total. The van der Waals surface area contributed by atoms with Gasteiger partial charge in [-0.05, 0) is 19.1 Å². The quantitative estimate of drug-likeness (QED) is 0.702. The number of hydrogen-bond acceptors (Lipinski definition) is 4. The summed E-state index contributed by atoms with van der Waals surface area (Å²) < 4.78 is 0. The van der Waals surface area contributed by atoms with Crippen molar-refractivity contribution < 1.29 is 0 Å². The zero-order valence-electron chi connectivity index (χ0n) is 8.49. The fourth-order valence-electron chi connectivity index (χ4n) is 1.27. The van der Waals surface area contributed by atoms with E-state index in [4.69, 9.17) is 5.73 Å². The number of H-pyrrole nitrogens is 1. The molecule has 0 aliphatic carbocycles. The Morgan fingerprint density at radius 3 is 3.07 bits per heavy atom. The van der Waals surface area contributed by atoms with Gasteiger partial charge in [0.25, 0.3) is 0 Å². The van der Waals surface area contributed by atoms with Gasteiger partial charge in [-0.15, -0.1) is 0 Å². The summed E-state index contributed by atoms with van der Waals surface area (Å²) in [6, 6.07) is 3.73. The Bertz CT molecular complexity index is 435. The van der Waals surface area contributed by atoms with Gasteiger partial charge in [-0.1, -0.05) is 0 Å². The van der Waals surface area contributed by atoms with Gasteiger partial charge in [0.2, 0.25) is 0 Å². The number of aromatic nitrogens is 3. The summed E-state index contributed by atoms with van der Waals surface area (Å²) in [7, 11) is 0. The lowest BCUT2D eigenvalue weighted by molar-refractivity contribution is 1.09. The minimum Gasteiger partial charge on any atom is -0.396 e. The molecule has 4 N–H and O–H groups in total. The number of hydrogen-bond donors (Lipinski definition) is 3. The second-order valence-corrected chi connectivity index (χ2v) is 3.35. The summed E-state index contributed by atoms with van der Waals surface area (Å²) in [5.41, 5.74) is 8.45. The molecule has 0 atom stereocenters. The highest BCUT2D eigenvalue weighted by atomic mass is 15.1. The summed E-state index contributed by atoms with van der Waals surface area (Å²) in [4.78, 5) is 4.31. The van der Waals surface area contributed by atoms with Crippen molar-refractivity contribution in [3.8, 4) is 0 Å². The van der Waals surface area contributed by atoms with Crippen LogP contribution in [0.1, 0.15) is 11.3 Å². The molecule has 0 fully saturated rings. The van der Waals surface area contributed by atoms with Gasteiger partial charge in [0.15, 0.2) is 0 Å². The maximum atomic E-state index is 5.78. The van der Waals surface area contributed by atoms with Gasteiger partial charge in [-0.3, -0.25) is 5.10 Å². The zero-order chi connectivity index (χ0) is 10.7. The molecule has 0 radical (unpaired) electrons. The molecule has 2 aromatic heterocycles. The molecule has 0 saturated heterocycles. The van der Waals surface area contributed by atoms with Crippen molar-refractivity contribution in [2.45, 2.75) is 13.5 Å². The molecule has 78 valence electrons. The van der Waals surface area contributed by atoms with E-state index in [9.17, 15) is 0 Å². The van der Waals surface area contributed by atoms with Gasteiger partial charge in [-0.25, -0.2) is 4.98 Å². The fraction of sp³-hybridized carbons (Fsp3) is 0.200. The van der Waals surface area contributed by atoms with E-state index in [0.29, 0.717) is 12.2 Å². The molecule has 2 aromatic rings. The van der Waals surface area contributed by atoms with Crippen LogP contribution in [0.2, 0.25) is 0 Å². The molecule has 15 heavy (non-hydrogen) atoms. The second-order valence-electron chi connectivity index (χ2n) is 3.35. The van der Waals surface area contributed by atoms with Crippen LogP contribution in [-0.2, 0) is 6.54 Å². The van der Waals surface area contributed by atoms with Crippen LogP contribution in [0.3, 0.4) is 0 Å². The number of aromatic amines is 1. The van der Waals surface area contributed by atoms with Crippen LogP contribution >= 0.6 is 0 Å². The third-order valence-corrected chi connectivity index (χ3v) is 2.08. The number of nitrogens with one attached hydrogen (secondary N) is 2. The topological polar surface area (TPSA) is 79.6 Å². The van der Waals surface area contributed by atoms with Gasteiger partial charge in [0.05, 0.1) is 11.9 Å².